The maximum atomic E-state index is 14.1. The predicted molar refractivity (Wildman–Crippen MR) is 134 cm³/mol. The first-order valence-corrected chi connectivity index (χ1v) is 12.4. The topological polar surface area (TPSA) is 46.6 Å². The molecule has 3 aromatic carbocycles. The van der Waals surface area contributed by atoms with Crippen LogP contribution < -0.4 is 9.64 Å². The van der Waals surface area contributed by atoms with Crippen molar-refractivity contribution in [2.24, 2.45) is 0 Å². The highest BCUT2D eigenvalue weighted by molar-refractivity contribution is 7.89. The molecule has 1 amide bonds. The van der Waals surface area contributed by atoms with Crippen LogP contribution in [0.5, 0.6) is 5.75 Å². The molecule has 5 heteroatoms. The molecular formula is C28H29NO3S. The quantitative estimate of drug-likeness (QED) is 0.414. The Hall–Kier alpha value is -3.18. The van der Waals surface area contributed by atoms with Crippen LogP contribution in [0.1, 0.15) is 43.2 Å². The van der Waals surface area contributed by atoms with E-state index in [0.29, 0.717) is 6.42 Å². The van der Waals surface area contributed by atoms with Crippen LogP contribution in [-0.2, 0) is 15.6 Å². The van der Waals surface area contributed by atoms with Crippen LogP contribution >= 0.6 is 0 Å². The molecule has 2 atom stereocenters. The Labute approximate surface area is 198 Å². The number of allylic oxidation sites excluding steroid dienone is 2. The molecule has 0 aliphatic carbocycles. The van der Waals surface area contributed by atoms with Gasteiger partial charge in [0.2, 0.25) is 5.91 Å². The van der Waals surface area contributed by atoms with E-state index in [-0.39, 0.29) is 18.2 Å². The molecule has 0 bridgehead atoms. The molecule has 0 radical (unpaired) electrons. The molecule has 0 aromatic heterocycles. The summed E-state index contributed by atoms with van der Waals surface area (Å²) in [4.78, 5) is 16.9. The number of amides is 1. The smallest absolute Gasteiger partial charge is 0.232 e. The summed E-state index contributed by atoms with van der Waals surface area (Å²) in [5.41, 5.74) is 3.75. The minimum Gasteiger partial charge on any atom is -0.497 e. The van der Waals surface area contributed by atoms with Gasteiger partial charge in [-0.25, -0.2) is 4.21 Å². The lowest BCUT2D eigenvalue weighted by Gasteiger charge is -2.36. The molecule has 33 heavy (non-hydrogen) atoms. The first kappa shape index (κ1) is 23.0. The monoisotopic (exact) mass is 459 g/mol. The van der Waals surface area contributed by atoms with E-state index in [4.69, 9.17) is 4.74 Å². The van der Waals surface area contributed by atoms with Crippen molar-refractivity contribution in [2.45, 2.75) is 43.9 Å². The van der Waals surface area contributed by atoms with E-state index in [1.807, 2.05) is 85.8 Å². The van der Waals surface area contributed by atoms with Gasteiger partial charge in [-0.1, -0.05) is 61.4 Å². The van der Waals surface area contributed by atoms with Crippen molar-refractivity contribution < 1.29 is 13.7 Å². The number of hydrogen-bond acceptors (Lipinski definition) is 3. The summed E-state index contributed by atoms with van der Waals surface area (Å²) in [6.45, 7) is 4.11. The Morgan fingerprint density at radius 1 is 0.970 bits per heavy atom. The van der Waals surface area contributed by atoms with E-state index in [1.165, 1.54) is 0 Å². The van der Waals surface area contributed by atoms with Crippen LogP contribution in [0.2, 0.25) is 0 Å². The average molecular weight is 460 g/mol. The zero-order chi connectivity index (χ0) is 23.4. The first-order valence-electron chi connectivity index (χ1n) is 11.3. The van der Waals surface area contributed by atoms with Gasteiger partial charge in [-0.15, -0.1) is 0 Å². The molecule has 0 N–H and O–H groups in total. The van der Waals surface area contributed by atoms with Crippen LogP contribution in [0, 0.1) is 6.92 Å². The molecule has 1 aliphatic heterocycles. The second-order valence-corrected chi connectivity index (χ2v) is 9.69. The van der Waals surface area contributed by atoms with Crippen molar-refractivity contribution in [1.29, 1.82) is 0 Å². The Balaban J connectivity index is 1.91. The lowest BCUT2D eigenvalue weighted by atomic mass is 9.89. The van der Waals surface area contributed by atoms with E-state index < -0.39 is 10.8 Å². The summed E-state index contributed by atoms with van der Waals surface area (Å²) >= 11 is 0. The third-order valence-corrected chi connectivity index (χ3v) is 7.57. The third-order valence-electron chi connectivity index (χ3n) is 5.95. The number of ether oxygens (including phenoxy) is 1. The van der Waals surface area contributed by atoms with Gasteiger partial charge in [0.15, 0.2) is 0 Å². The molecular weight excluding hydrogens is 430 g/mol. The van der Waals surface area contributed by atoms with Gasteiger partial charge >= 0.3 is 0 Å². The summed E-state index contributed by atoms with van der Waals surface area (Å²) < 4.78 is 19.4. The maximum Gasteiger partial charge on any atom is 0.232 e. The minimum absolute atomic E-state index is 0.0159. The first-order chi connectivity index (χ1) is 16.0. The standard InChI is InChI=1S/C28H29NO3S/c1-4-8-26-28(33(31)24-17-11-20(2)12-18-24)25(21-9-6-5-7-10-21)19-27(30)29(26)22-13-15-23(32-3)16-14-22/h5-7,9-18,25H,4,8,19H2,1-3H3/t25-,33?/m0/s1. The van der Waals surface area contributed by atoms with Gasteiger partial charge in [-0.2, -0.15) is 0 Å². The number of nitrogens with zero attached hydrogens (tertiary/aromatic N) is 1. The normalized spacial score (nSPS) is 17.2. The van der Waals surface area contributed by atoms with Gasteiger partial charge in [0.25, 0.3) is 0 Å². The SMILES string of the molecule is CCCC1=C(S(=O)c2ccc(C)cc2)[C@H](c2ccccc2)CC(=O)N1c1ccc(OC)cc1. The van der Waals surface area contributed by atoms with E-state index in [0.717, 1.165) is 44.5 Å². The number of carbonyl (C=O) groups excluding carboxylic acids is 1. The van der Waals surface area contributed by atoms with Crippen LogP contribution in [-0.4, -0.2) is 17.2 Å². The zero-order valence-electron chi connectivity index (χ0n) is 19.3. The molecule has 4 rings (SSSR count). The second kappa shape index (κ2) is 10.2. The van der Waals surface area contributed by atoms with Gasteiger partial charge < -0.3 is 4.74 Å². The number of benzene rings is 3. The van der Waals surface area contributed by atoms with Gasteiger partial charge in [0.05, 0.1) is 17.9 Å². The van der Waals surface area contributed by atoms with Gasteiger partial charge in [0.1, 0.15) is 5.75 Å². The Morgan fingerprint density at radius 3 is 2.24 bits per heavy atom. The van der Waals surface area contributed by atoms with Gasteiger partial charge in [0, 0.05) is 33.5 Å². The van der Waals surface area contributed by atoms with Crippen LogP contribution in [0.3, 0.4) is 0 Å². The molecule has 1 unspecified atom stereocenters. The van der Waals surface area contributed by atoms with Gasteiger partial charge in [-0.05, 0) is 55.3 Å². The van der Waals surface area contributed by atoms with Crippen molar-refractivity contribution in [3.05, 3.63) is 101 Å². The van der Waals surface area contributed by atoms with E-state index in [9.17, 15) is 9.00 Å². The number of carbonyl (C=O) groups is 1. The van der Waals surface area contributed by atoms with Crippen LogP contribution in [0.4, 0.5) is 5.69 Å². The average Bonchev–Trinajstić information content (AvgIpc) is 2.85. The highest BCUT2D eigenvalue weighted by atomic mass is 32.2. The Morgan fingerprint density at radius 2 is 1.64 bits per heavy atom. The maximum absolute atomic E-state index is 14.1. The van der Waals surface area contributed by atoms with Crippen molar-refractivity contribution in [1.82, 2.24) is 0 Å². The fourth-order valence-corrected chi connectivity index (χ4v) is 5.83. The Kier molecular flexibility index (Phi) is 7.09. The predicted octanol–water partition coefficient (Wildman–Crippen LogP) is 6.34. The summed E-state index contributed by atoms with van der Waals surface area (Å²) in [6, 6.07) is 25.3. The van der Waals surface area contributed by atoms with Crippen molar-refractivity contribution >= 4 is 22.4 Å². The lowest BCUT2D eigenvalue weighted by Crippen LogP contribution is -2.38. The summed E-state index contributed by atoms with van der Waals surface area (Å²) in [7, 11) is 0.227. The lowest BCUT2D eigenvalue weighted by molar-refractivity contribution is -0.118. The highest BCUT2D eigenvalue weighted by Gasteiger charge is 2.38. The molecule has 0 fully saturated rings. The molecule has 3 aromatic rings. The molecule has 1 heterocycles. The fraction of sp³-hybridized carbons (Fsp3) is 0.250. The Bertz CT molecular complexity index is 1170. The van der Waals surface area contributed by atoms with Crippen molar-refractivity contribution in [2.75, 3.05) is 12.0 Å². The molecule has 4 nitrogen and oxygen atoms in total. The number of hydrogen-bond donors (Lipinski definition) is 0. The summed E-state index contributed by atoms with van der Waals surface area (Å²) in [5.74, 6) is 0.522. The van der Waals surface area contributed by atoms with E-state index in [1.54, 1.807) is 12.0 Å². The molecule has 0 spiro atoms. The van der Waals surface area contributed by atoms with E-state index in [2.05, 4.69) is 6.92 Å². The molecule has 170 valence electrons. The highest BCUT2D eigenvalue weighted by Crippen LogP contribution is 2.43. The van der Waals surface area contributed by atoms with Gasteiger partial charge in [-0.3, -0.25) is 9.69 Å². The third kappa shape index (κ3) is 4.79. The number of methoxy groups -OCH3 is 1. The number of rotatable bonds is 7. The number of aryl methyl sites for hydroxylation is 1. The minimum atomic E-state index is -1.39. The zero-order valence-corrected chi connectivity index (χ0v) is 20.1. The largest absolute Gasteiger partial charge is 0.497 e. The molecule has 1 aliphatic rings. The summed E-state index contributed by atoms with van der Waals surface area (Å²) in [5, 5.41) is 0. The van der Waals surface area contributed by atoms with Crippen LogP contribution in [0.15, 0.2) is 94.4 Å². The molecule has 0 saturated carbocycles. The number of anilines is 1. The van der Waals surface area contributed by atoms with E-state index >= 15 is 0 Å². The van der Waals surface area contributed by atoms with Crippen LogP contribution in [0.25, 0.3) is 0 Å². The van der Waals surface area contributed by atoms with Crippen molar-refractivity contribution in [3.63, 3.8) is 0 Å². The molecule has 0 saturated heterocycles. The summed E-state index contributed by atoms with van der Waals surface area (Å²) in [6.07, 6.45) is 1.77. The van der Waals surface area contributed by atoms with Crippen molar-refractivity contribution in [3.8, 4) is 5.75 Å². The second-order valence-electron chi connectivity index (χ2n) is 8.24. The fourth-order valence-electron chi connectivity index (χ4n) is 4.30.